The van der Waals surface area contributed by atoms with Gasteiger partial charge in [-0.2, -0.15) is 9.61 Å². The fourth-order valence-corrected chi connectivity index (χ4v) is 4.53. The van der Waals surface area contributed by atoms with Gasteiger partial charge < -0.3 is 15.4 Å². The first-order valence-corrected chi connectivity index (χ1v) is 12.7. The van der Waals surface area contributed by atoms with Crippen LogP contribution in [0, 0.1) is 0 Å². The Labute approximate surface area is 227 Å². The number of hydrogen-bond donors (Lipinski definition) is 2. The van der Waals surface area contributed by atoms with E-state index < -0.39 is 0 Å². The average molecular weight is 577 g/mol. The molecule has 7 nitrogen and oxygen atoms in total. The molecule has 0 aliphatic heterocycles. The summed E-state index contributed by atoms with van der Waals surface area (Å²) in [5.74, 6) is 1.16. The Balaban J connectivity index is 1.28. The summed E-state index contributed by atoms with van der Waals surface area (Å²) in [5, 5.41) is 11.5. The van der Waals surface area contributed by atoms with Gasteiger partial charge in [0.05, 0.1) is 29.0 Å². The predicted octanol–water partition coefficient (Wildman–Crippen LogP) is 6.36. The van der Waals surface area contributed by atoms with Crippen molar-refractivity contribution in [2.24, 2.45) is 0 Å². The van der Waals surface area contributed by atoms with Crippen LogP contribution in [0.15, 0.2) is 89.5 Å². The Hall–Kier alpha value is -3.88. The molecule has 0 atom stereocenters. The number of methoxy groups -OCH3 is 1. The number of anilines is 1. The molecule has 2 heterocycles. The molecule has 0 fully saturated rings. The molecule has 0 spiro atoms. The molecular weight excluding hydrogens is 554 g/mol. The smallest absolute Gasteiger partial charge is 0.255 e. The molecule has 0 saturated carbocycles. The third-order valence-corrected chi connectivity index (χ3v) is 6.77. The summed E-state index contributed by atoms with van der Waals surface area (Å²) >= 11 is 9.97. The number of benzene rings is 3. The van der Waals surface area contributed by atoms with Gasteiger partial charge >= 0.3 is 0 Å². The number of carbonyl (C=O) groups is 1. The zero-order chi connectivity index (χ0) is 25.8. The number of para-hydroxylation sites is 1. The lowest BCUT2D eigenvalue weighted by Gasteiger charge is -2.12. The molecule has 0 saturated heterocycles. The van der Waals surface area contributed by atoms with Crippen LogP contribution in [0.25, 0.3) is 16.9 Å². The summed E-state index contributed by atoms with van der Waals surface area (Å²) in [6, 6.07) is 24.8. The molecule has 0 bridgehead atoms. The molecule has 5 rings (SSSR count). The van der Waals surface area contributed by atoms with Crippen molar-refractivity contribution >= 4 is 44.9 Å². The van der Waals surface area contributed by atoms with E-state index in [4.69, 9.17) is 21.3 Å². The Bertz CT molecular complexity index is 1570. The average Bonchev–Trinajstić information content (AvgIpc) is 3.31. The van der Waals surface area contributed by atoms with Crippen molar-refractivity contribution in [1.29, 1.82) is 0 Å². The largest absolute Gasteiger partial charge is 0.496 e. The van der Waals surface area contributed by atoms with Crippen molar-refractivity contribution in [1.82, 2.24) is 19.9 Å². The van der Waals surface area contributed by atoms with Crippen molar-refractivity contribution < 1.29 is 9.53 Å². The lowest BCUT2D eigenvalue weighted by molar-refractivity contribution is 0.0948. The van der Waals surface area contributed by atoms with Crippen molar-refractivity contribution in [3.8, 4) is 17.0 Å². The first-order chi connectivity index (χ1) is 18.0. The highest BCUT2D eigenvalue weighted by molar-refractivity contribution is 9.10. The molecule has 0 unspecified atom stereocenters. The summed E-state index contributed by atoms with van der Waals surface area (Å²) in [5.41, 5.74) is 4.88. The minimum absolute atomic E-state index is 0.176. The first kappa shape index (κ1) is 24.8. The molecule has 2 N–H and O–H groups in total. The van der Waals surface area contributed by atoms with E-state index in [-0.39, 0.29) is 5.91 Å². The SMILES string of the molecule is COc1ccccc1C(=O)NCc1ccc(CNc2cc(-c3ccccc3Cl)nc3c(Br)cnn23)cc1. The van der Waals surface area contributed by atoms with Gasteiger partial charge in [-0.3, -0.25) is 4.79 Å². The molecule has 37 heavy (non-hydrogen) atoms. The van der Waals surface area contributed by atoms with Crippen LogP contribution >= 0.6 is 27.5 Å². The van der Waals surface area contributed by atoms with Gasteiger partial charge in [0, 0.05) is 29.7 Å². The molecule has 0 aliphatic rings. The maximum Gasteiger partial charge on any atom is 0.255 e. The van der Waals surface area contributed by atoms with E-state index >= 15 is 0 Å². The zero-order valence-electron chi connectivity index (χ0n) is 19.9. The normalized spacial score (nSPS) is 10.9. The molecule has 0 aliphatic carbocycles. The fourth-order valence-electron chi connectivity index (χ4n) is 3.95. The highest BCUT2D eigenvalue weighted by atomic mass is 79.9. The molecule has 9 heteroatoms. The van der Waals surface area contributed by atoms with E-state index in [1.807, 2.05) is 66.7 Å². The number of fused-ring (bicyclic) bond motifs is 1. The van der Waals surface area contributed by atoms with Crippen molar-refractivity contribution in [2.45, 2.75) is 13.1 Å². The topological polar surface area (TPSA) is 80.5 Å². The molecule has 2 aromatic heterocycles. The van der Waals surface area contributed by atoms with Crippen LogP contribution in [0.5, 0.6) is 5.75 Å². The minimum Gasteiger partial charge on any atom is -0.496 e. The second kappa shape index (κ2) is 11.0. The van der Waals surface area contributed by atoms with Crippen LogP contribution in [0.3, 0.4) is 0 Å². The quantitative estimate of drug-likeness (QED) is 0.225. The number of nitrogens with zero attached hydrogens (tertiary/aromatic N) is 3. The van der Waals surface area contributed by atoms with Crippen molar-refractivity contribution in [2.75, 3.05) is 12.4 Å². The predicted molar refractivity (Wildman–Crippen MR) is 149 cm³/mol. The van der Waals surface area contributed by atoms with E-state index in [9.17, 15) is 4.79 Å². The first-order valence-electron chi connectivity index (χ1n) is 11.6. The number of amides is 1. The Morgan fingerprint density at radius 3 is 2.46 bits per heavy atom. The van der Waals surface area contributed by atoms with Crippen LogP contribution < -0.4 is 15.4 Å². The second-order valence-electron chi connectivity index (χ2n) is 8.29. The highest BCUT2D eigenvalue weighted by Gasteiger charge is 2.14. The number of hydrogen-bond acceptors (Lipinski definition) is 5. The maximum atomic E-state index is 12.6. The van der Waals surface area contributed by atoms with Crippen LogP contribution in [0.4, 0.5) is 5.82 Å². The Kier molecular flexibility index (Phi) is 7.39. The molecule has 5 aromatic rings. The lowest BCUT2D eigenvalue weighted by atomic mass is 10.1. The standard InChI is InChI=1S/C28H23BrClN5O2/c1-37-25-9-5-3-7-21(25)28(36)32-16-19-12-10-18(11-13-19)15-31-26-14-24(20-6-2-4-8-23(20)30)34-27-22(29)17-33-35(26)27/h2-14,17,31H,15-16H2,1H3,(H,32,36). The van der Waals surface area contributed by atoms with Gasteiger partial charge in [0.1, 0.15) is 11.6 Å². The summed E-state index contributed by atoms with van der Waals surface area (Å²) in [6.45, 7) is 0.991. The van der Waals surface area contributed by atoms with Gasteiger partial charge in [-0.25, -0.2) is 4.98 Å². The van der Waals surface area contributed by atoms with E-state index in [2.05, 4.69) is 31.7 Å². The number of halogens is 2. The van der Waals surface area contributed by atoms with E-state index in [1.54, 1.807) is 30.0 Å². The van der Waals surface area contributed by atoms with Crippen LogP contribution in [0.1, 0.15) is 21.5 Å². The summed E-state index contributed by atoms with van der Waals surface area (Å²) in [7, 11) is 1.55. The number of ether oxygens (including phenoxy) is 1. The summed E-state index contributed by atoms with van der Waals surface area (Å²) in [6.07, 6.45) is 1.72. The third kappa shape index (κ3) is 5.45. The molecule has 0 radical (unpaired) electrons. The van der Waals surface area contributed by atoms with E-state index in [0.29, 0.717) is 35.1 Å². The third-order valence-electron chi connectivity index (χ3n) is 5.88. The fraction of sp³-hybridized carbons (Fsp3) is 0.107. The number of carbonyl (C=O) groups excluding carboxylic acids is 1. The van der Waals surface area contributed by atoms with Gasteiger partial charge in [0.15, 0.2) is 5.65 Å². The van der Waals surface area contributed by atoms with E-state index in [0.717, 1.165) is 32.7 Å². The van der Waals surface area contributed by atoms with Crippen molar-refractivity contribution in [3.05, 3.63) is 111 Å². The number of rotatable bonds is 8. The van der Waals surface area contributed by atoms with Gasteiger partial charge in [0.25, 0.3) is 5.91 Å². The van der Waals surface area contributed by atoms with Crippen LogP contribution in [-0.2, 0) is 13.1 Å². The van der Waals surface area contributed by atoms with E-state index in [1.165, 1.54) is 0 Å². The Morgan fingerprint density at radius 1 is 1.00 bits per heavy atom. The highest BCUT2D eigenvalue weighted by Crippen LogP contribution is 2.30. The second-order valence-corrected chi connectivity index (χ2v) is 9.55. The zero-order valence-corrected chi connectivity index (χ0v) is 22.3. The number of nitrogens with one attached hydrogen (secondary N) is 2. The summed E-state index contributed by atoms with van der Waals surface area (Å²) < 4.78 is 7.83. The van der Waals surface area contributed by atoms with Gasteiger partial charge in [0.2, 0.25) is 0 Å². The Morgan fingerprint density at radius 2 is 1.70 bits per heavy atom. The lowest BCUT2D eigenvalue weighted by Crippen LogP contribution is -2.23. The molecule has 186 valence electrons. The molecular formula is C28H23BrClN5O2. The minimum atomic E-state index is -0.176. The van der Waals surface area contributed by atoms with Gasteiger partial charge in [-0.15, -0.1) is 0 Å². The molecule has 3 aromatic carbocycles. The molecule has 1 amide bonds. The van der Waals surface area contributed by atoms with Gasteiger partial charge in [-0.05, 0) is 45.3 Å². The van der Waals surface area contributed by atoms with Crippen LogP contribution in [-0.4, -0.2) is 27.6 Å². The van der Waals surface area contributed by atoms with Gasteiger partial charge in [-0.1, -0.05) is 66.2 Å². The monoisotopic (exact) mass is 575 g/mol. The maximum absolute atomic E-state index is 12.6. The van der Waals surface area contributed by atoms with Crippen molar-refractivity contribution in [3.63, 3.8) is 0 Å². The number of aromatic nitrogens is 3. The van der Waals surface area contributed by atoms with Crippen LogP contribution in [0.2, 0.25) is 5.02 Å². The summed E-state index contributed by atoms with van der Waals surface area (Å²) in [4.78, 5) is 17.3.